The van der Waals surface area contributed by atoms with Crippen LogP contribution in [0.5, 0.6) is 0 Å². The molecule has 0 radical (unpaired) electrons. The van der Waals surface area contributed by atoms with Crippen LogP contribution >= 0.6 is 0 Å². The molecule has 8 nitrogen and oxygen atoms in total. The molecular formula is C19H20N4O4S. The van der Waals surface area contributed by atoms with Gasteiger partial charge in [-0.25, -0.2) is 13.4 Å². The molecule has 9 heteroatoms. The molecule has 0 atom stereocenters. The molecule has 0 aliphatic carbocycles. The first-order valence-electron chi connectivity index (χ1n) is 9.04. The number of sulfonamides is 1. The third kappa shape index (κ3) is 3.38. The van der Waals surface area contributed by atoms with E-state index in [1.165, 1.54) is 37.7 Å². The maximum atomic E-state index is 12.8. The number of pyridine rings is 2. The predicted molar refractivity (Wildman–Crippen MR) is 104 cm³/mol. The Labute approximate surface area is 161 Å². The van der Waals surface area contributed by atoms with Crippen LogP contribution < -0.4 is 11.1 Å². The van der Waals surface area contributed by atoms with Crippen LogP contribution in [-0.2, 0) is 16.6 Å². The van der Waals surface area contributed by atoms with Crippen molar-refractivity contribution in [2.75, 3.05) is 13.1 Å². The van der Waals surface area contributed by atoms with E-state index in [0.29, 0.717) is 24.4 Å². The van der Waals surface area contributed by atoms with Gasteiger partial charge in [0.05, 0.1) is 17.1 Å². The minimum absolute atomic E-state index is 0.0157. The van der Waals surface area contributed by atoms with E-state index in [9.17, 15) is 18.0 Å². The van der Waals surface area contributed by atoms with E-state index in [4.69, 9.17) is 0 Å². The number of nitrogens with zero attached hydrogens (tertiary/aromatic N) is 4. The average molecular weight is 400 g/mol. The van der Waals surface area contributed by atoms with Gasteiger partial charge in [-0.3, -0.25) is 14.0 Å². The lowest BCUT2D eigenvalue weighted by Crippen LogP contribution is -2.30. The molecule has 1 saturated heterocycles. The summed E-state index contributed by atoms with van der Waals surface area (Å²) in [6, 6.07) is 7.51. The van der Waals surface area contributed by atoms with E-state index >= 15 is 0 Å². The van der Waals surface area contributed by atoms with Gasteiger partial charge in [-0.05, 0) is 37.5 Å². The molecule has 4 heterocycles. The van der Waals surface area contributed by atoms with Gasteiger partial charge in [0.1, 0.15) is 5.65 Å². The van der Waals surface area contributed by atoms with Gasteiger partial charge in [0, 0.05) is 37.6 Å². The van der Waals surface area contributed by atoms with Crippen molar-refractivity contribution in [1.29, 1.82) is 0 Å². The maximum absolute atomic E-state index is 12.8. The van der Waals surface area contributed by atoms with Gasteiger partial charge in [0.15, 0.2) is 0 Å². The predicted octanol–water partition coefficient (Wildman–Crippen LogP) is 0.997. The summed E-state index contributed by atoms with van der Waals surface area (Å²) >= 11 is 0. The summed E-state index contributed by atoms with van der Waals surface area (Å²) < 4.78 is 29.6. The second-order valence-electron chi connectivity index (χ2n) is 6.96. The molecule has 1 aliphatic heterocycles. The van der Waals surface area contributed by atoms with Gasteiger partial charge in [-0.15, -0.1) is 0 Å². The summed E-state index contributed by atoms with van der Waals surface area (Å²) in [6.07, 6.45) is 4.70. The molecule has 3 aromatic heterocycles. The van der Waals surface area contributed by atoms with Gasteiger partial charge in [0.2, 0.25) is 10.0 Å². The Bertz CT molecular complexity index is 1270. The van der Waals surface area contributed by atoms with Crippen molar-refractivity contribution in [2.24, 2.45) is 0 Å². The Morgan fingerprint density at radius 1 is 1.00 bits per heavy atom. The van der Waals surface area contributed by atoms with Crippen LogP contribution in [-0.4, -0.2) is 39.8 Å². The third-order valence-electron chi connectivity index (χ3n) is 4.85. The molecule has 0 spiro atoms. The molecule has 4 rings (SSSR count). The molecule has 1 fully saturated rings. The van der Waals surface area contributed by atoms with Gasteiger partial charge in [-0.1, -0.05) is 6.07 Å². The SMILES string of the molecule is Cc1ccc2nc(Cn3cc(S(=O)(=O)N4CCCC4)ccc3=O)cc(=O)n2c1. The lowest BCUT2D eigenvalue weighted by atomic mass is 10.3. The lowest BCUT2D eigenvalue weighted by Gasteiger charge is -2.16. The van der Waals surface area contributed by atoms with Gasteiger partial charge in [0.25, 0.3) is 11.1 Å². The largest absolute Gasteiger partial charge is 0.308 e. The highest BCUT2D eigenvalue weighted by molar-refractivity contribution is 7.89. The second kappa shape index (κ2) is 6.99. The smallest absolute Gasteiger partial charge is 0.258 e. The van der Waals surface area contributed by atoms with Crippen LogP contribution in [0.15, 0.2) is 57.2 Å². The Morgan fingerprint density at radius 2 is 1.75 bits per heavy atom. The Hall–Kier alpha value is -2.78. The van der Waals surface area contributed by atoms with Crippen LogP contribution in [0.2, 0.25) is 0 Å². The molecule has 0 unspecified atom stereocenters. The summed E-state index contributed by atoms with van der Waals surface area (Å²) in [6.45, 7) is 2.88. The van der Waals surface area contributed by atoms with Crippen LogP contribution in [0.1, 0.15) is 24.1 Å². The van der Waals surface area contributed by atoms with E-state index in [2.05, 4.69) is 4.98 Å². The van der Waals surface area contributed by atoms with E-state index < -0.39 is 10.0 Å². The van der Waals surface area contributed by atoms with Crippen molar-refractivity contribution in [1.82, 2.24) is 18.3 Å². The molecule has 146 valence electrons. The van der Waals surface area contributed by atoms with Crippen LogP contribution in [0.4, 0.5) is 0 Å². The van der Waals surface area contributed by atoms with E-state index in [1.54, 1.807) is 12.3 Å². The molecule has 1 aliphatic rings. The Balaban J connectivity index is 1.72. The van der Waals surface area contributed by atoms with Crippen LogP contribution in [0, 0.1) is 6.92 Å². The van der Waals surface area contributed by atoms with Crippen molar-refractivity contribution >= 4 is 15.7 Å². The van der Waals surface area contributed by atoms with Gasteiger partial charge >= 0.3 is 0 Å². The van der Waals surface area contributed by atoms with Crippen molar-refractivity contribution in [2.45, 2.75) is 31.2 Å². The number of hydrogen-bond donors (Lipinski definition) is 0. The first kappa shape index (κ1) is 18.6. The lowest BCUT2D eigenvalue weighted by molar-refractivity contribution is 0.476. The zero-order valence-corrected chi connectivity index (χ0v) is 16.2. The molecular weight excluding hydrogens is 380 g/mol. The zero-order valence-electron chi connectivity index (χ0n) is 15.4. The topological polar surface area (TPSA) is 93.8 Å². The van der Waals surface area contributed by atoms with Crippen molar-refractivity contribution in [3.05, 3.63) is 74.7 Å². The molecule has 3 aromatic rings. The van der Waals surface area contributed by atoms with Gasteiger partial charge < -0.3 is 4.57 Å². The molecule has 0 amide bonds. The first-order valence-corrected chi connectivity index (χ1v) is 10.5. The fourth-order valence-corrected chi connectivity index (χ4v) is 4.91. The quantitative estimate of drug-likeness (QED) is 0.651. The number of aryl methyl sites for hydroxylation is 1. The van der Waals surface area contributed by atoms with Crippen LogP contribution in [0.3, 0.4) is 0 Å². The highest BCUT2D eigenvalue weighted by Crippen LogP contribution is 2.19. The van der Waals surface area contributed by atoms with Crippen molar-refractivity contribution in [3.8, 4) is 0 Å². The van der Waals surface area contributed by atoms with Crippen molar-refractivity contribution < 1.29 is 8.42 Å². The van der Waals surface area contributed by atoms with E-state index in [-0.39, 0.29) is 22.6 Å². The zero-order chi connectivity index (χ0) is 19.9. The monoisotopic (exact) mass is 400 g/mol. The maximum Gasteiger partial charge on any atom is 0.258 e. The summed E-state index contributed by atoms with van der Waals surface area (Å²) in [7, 11) is -3.63. The van der Waals surface area contributed by atoms with E-state index in [0.717, 1.165) is 18.4 Å². The fourth-order valence-electron chi connectivity index (χ4n) is 3.38. The highest BCUT2D eigenvalue weighted by atomic mass is 32.2. The Morgan fingerprint density at radius 3 is 2.50 bits per heavy atom. The first-order chi connectivity index (χ1) is 13.3. The highest BCUT2D eigenvalue weighted by Gasteiger charge is 2.27. The number of aromatic nitrogens is 3. The molecule has 0 bridgehead atoms. The standard InChI is InChI=1S/C19H20N4O4S/c1-14-4-6-17-20-15(10-19(25)23(17)11-14)12-21-13-16(5-7-18(21)24)28(26,27)22-8-2-3-9-22/h4-7,10-11,13H,2-3,8-9,12H2,1H3. The van der Waals surface area contributed by atoms with Gasteiger partial charge in [-0.2, -0.15) is 4.31 Å². The molecule has 28 heavy (non-hydrogen) atoms. The minimum Gasteiger partial charge on any atom is -0.308 e. The number of fused-ring (bicyclic) bond motifs is 1. The fraction of sp³-hybridized carbons (Fsp3) is 0.316. The van der Waals surface area contributed by atoms with Crippen molar-refractivity contribution in [3.63, 3.8) is 0 Å². The molecule has 0 aromatic carbocycles. The Kier molecular flexibility index (Phi) is 4.64. The number of hydrogen-bond acceptors (Lipinski definition) is 5. The summed E-state index contributed by atoms with van der Waals surface area (Å²) in [5, 5.41) is 0. The second-order valence-corrected chi connectivity index (χ2v) is 8.90. The summed E-state index contributed by atoms with van der Waals surface area (Å²) in [5.74, 6) is 0. The summed E-state index contributed by atoms with van der Waals surface area (Å²) in [4.78, 5) is 29.1. The van der Waals surface area contributed by atoms with Crippen LogP contribution in [0.25, 0.3) is 5.65 Å². The molecule has 0 N–H and O–H groups in total. The summed E-state index contributed by atoms with van der Waals surface area (Å²) in [5.41, 5.74) is 1.19. The number of rotatable bonds is 4. The molecule has 0 saturated carbocycles. The van der Waals surface area contributed by atoms with E-state index in [1.807, 2.05) is 13.0 Å². The normalized spacial score (nSPS) is 15.3. The minimum atomic E-state index is -3.63. The average Bonchev–Trinajstić information content (AvgIpc) is 3.20. The third-order valence-corrected chi connectivity index (χ3v) is 6.73.